The summed E-state index contributed by atoms with van der Waals surface area (Å²) in [5.41, 5.74) is 4.00. The van der Waals surface area contributed by atoms with E-state index in [2.05, 4.69) is 14.9 Å². The number of carbonyl (C=O) groups is 1. The van der Waals surface area contributed by atoms with Crippen LogP contribution in [0.15, 0.2) is 6.07 Å². The molecule has 3 aromatic heterocycles. The van der Waals surface area contributed by atoms with Crippen molar-refractivity contribution >= 4 is 28.4 Å². The van der Waals surface area contributed by atoms with Crippen molar-refractivity contribution in [2.45, 2.75) is 66.0 Å². The van der Waals surface area contributed by atoms with Crippen LogP contribution in [0, 0.1) is 20.8 Å². The van der Waals surface area contributed by atoms with Crippen LogP contribution in [-0.2, 0) is 13.0 Å². The summed E-state index contributed by atoms with van der Waals surface area (Å²) in [5.74, 6) is 0.952. The second kappa shape index (κ2) is 7.03. The average Bonchev–Trinajstić information content (AvgIpc) is 3.03. The molecule has 1 N–H and O–H groups in total. The number of aryl methyl sites for hydroxylation is 5. The standard InChI is InChI=1S/C20H25N5OS/c1-11-10-15(20(26)23-13(3)18-12(2)22-14(4)27-18)17-19(21-11)25-9-7-5-6-8-16(25)24-17/h10,13H,5-9H2,1-4H3,(H,23,26). The maximum Gasteiger partial charge on any atom is 0.254 e. The van der Waals surface area contributed by atoms with Crippen LogP contribution in [0.2, 0.25) is 0 Å². The van der Waals surface area contributed by atoms with Crippen LogP contribution >= 0.6 is 11.3 Å². The first-order chi connectivity index (χ1) is 12.9. The molecule has 0 spiro atoms. The van der Waals surface area contributed by atoms with Gasteiger partial charge in [-0.2, -0.15) is 0 Å². The monoisotopic (exact) mass is 383 g/mol. The van der Waals surface area contributed by atoms with Gasteiger partial charge in [0.25, 0.3) is 5.91 Å². The predicted molar refractivity (Wildman–Crippen MR) is 107 cm³/mol. The maximum atomic E-state index is 13.1. The predicted octanol–water partition coefficient (Wildman–Crippen LogP) is 4.03. The van der Waals surface area contributed by atoms with E-state index in [-0.39, 0.29) is 11.9 Å². The van der Waals surface area contributed by atoms with E-state index in [0.29, 0.717) is 5.56 Å². The molecule has 0 saturated heterocycles. The van der Waals surface area contributed by atoms with Gasteiger partial charge in [-0.15, -0.1) is 11.3 Å². The zero-order valence-electron chi connectivity index (χ0n) is 16.3. The number of pyridine rings is 1. The lowest BCUT2D eigenvalue weighted by atomic mass is 10.1. The summed E-state index contributed by atoms with van der Waals surface area (Å²) in [6.45, 7) is 8.85. The van der Waals surface area contributed by atoms with Gasteiger partial charge in [-0.1, -0.05) is 6.42 Å². The molecule has 1 aliphatic rings. The molecule has 0 fully saturated rings. The van der Waals surface area contributed by atoms with E-state index in [1.165, 1.54) is 6.42 Å². The molecular weight excluding hydrogens is 358 g/mol. The molecule has 7 heteroatoms. The average molecular weight is 384 g/mol. The third-order valence-corrected chi connectivity index (χ3v) is 6.37. The van der Waals surface area contributed by atoms with Gasteiger partial charge in [0, 0.05) is 23.5 Å². The number of thiazole rings is 1. The van der Waals surface area contributed by atoms with Crippen LogP contribution in [0.3, 0.4) is 0 Å². The lowest BCUT2D eigenvalue weighted by Gasteiger charge is -2.13. The van der Waals surface area contributed by atoms with E-state index in [4.69, 9.17) is 9.97 Å². The first kappa shape index (κ1) is 18.1. The Kier molecular flexibility index (Phi) is 4.72. The lowest BCUT2D eigenvalue weighted by Crippen LogP contribution is -2.27. The Morgan fingerprint density at radius 1 is 1.19 bits per heavy atom. The van der Waals surface area contributed by atoms with E-state index in [0.717, 1.165) is 64.1 Å². The Labute approximate surface area is 163 Å². The van der Waals surface area contributed by atoms with E-state index >= 15 is 0 Å². The minimum absolute atomic E-state index is 0.0901. The number of hydrogen-bond acceptors (Lipinski definition) is 5. The highest BCUT2D eigenvalue weighted by Crippen LogP contribution is 2.27. The molecule has 0 bridgehead atoms. The van der Waals surface area contributed by atoms with Gasteiger partial charge in [0.1, 0.15) is 11.3 Å². The SMILES string of the molecule is Cc1cc(C(=O)NC(C)c2sc(C)nc2C)c2nc3n(c2n1)CCCCC3. The summed E-state index contributed by atoms with van der Waals surface area (Å²) in [5, 5.41) is 4.15. The molecule has 1 atom stereocenters. The van der Waals surface area contributed by atoms with Crippen LogP contribution in [0.5, 0.6) is 0 Å². The summed E-state index contributed by atoms with van der Waals surface area (Å²) < 4.78 is 2.20. The third-order valence-electron chi connectivity index (χ3n) is 5.12. The van der Waals surface area contributed by atoms with Gasteiger partial charge in [-0.3, -0.25) is 4.79 Å². The molecule has 0 radical (unpaired) electrons. The summed E-state index contributed by atoms with van der Waals surface area (Å²) in [6.07, 6.45) is 4.45. The zero-order valence-corrected chi connectivity index (χ0v) is 17.1. The molecule has 6 nitrogen and oxygen atoms in total. The van der Waals surface area contributed by atoms with Crippen molar-refractivity contribution in [1.82, 2.24) is 24.8 Å². The van der Waals surface area contributed by atoms with Crippen molar-refractivity contribution in [3.63, 3.8) is 0 Å². The Morgan fingerprint density at radius 3 is 2.74 bits per heavy atom. The number of imidazole rings is 1. The summed E-state index contributed by atoms with van der Waals surface area (Å²) in [7, 11) is 0. The van der Waals surface area contributed by atoms with E-state index in [9.17, 15) is 4.79 Å². The number of nitrogens with zero attached hydrogens (tertiary/aromatic N) is 4. The molecule has 0 aliphatic carbocycles. The van der Waals surface area contributed by atoms with Crippen molar-refractivity contribution in [2.24, 2.45) is 0 Å². The van der Waals surface area contributed by atoms with Crippen LogP contribution in [-0.4, -0.2) is 25.4 Å². The van der Waals surface area contributed by atoms with Gasteiger partial charge in [-0.05, 0) is 46.6 Å². The van der Waals surface area contributed by atoms with Gasteiger partial charge < -0.3 is 9.88 Å². The third kappa shape index (κ3) is 3.36. The lowest BCUT2D eigenvalue weighted by molar-refractivity contribution is 0.0941. The maximum absolute atomic E-state index is 13.1. The molecule has 27 heavy (non-hydrogen) atoms. The highest BCUT2D eigenvalue weighted by atomic mass is 32.1. The fourth-order valence-electron chi connectivity index (χ4n) is 3.88. The zero-order chi connectivity index (χ0) is 19.1. The minimum atomic E-state index is -0.100. The fourth-order valence-corrected chi connectivity index (χ4v) is 4.81. The largest absolute Gasteiger partial charge is 0.345 e. The molecule has 1 amide bonds. The number of aromatic nitrogens is 4. The van der Waals surface area contributed by atoms with Gasteiger partial charge in [0.2, 0.25) is 0 Å². The Hall–Kier alpha value is -2.28. The first-order valence-corrected chi connectivity index (χ1v) is 10.4. The second-order valence-electron chi connectivity index (χ2n) is 7.35. The van der Waals surface area contributed by atoms with Gasteiger partial charge in [-0.25, -0.2) is 15.0 Å². The topological polar surface area (TPSA) is 72.7 Å². The molecule has 142 valence electrons. The number of carbonyl (C=O) groups excluding carboxylic acids is 1. The van der Waals surface area contributed by atoms with Crippen molar-refractivity contribution in [3.05, 3.63) is 38.7 Å². The molecule has 1 unspecified atom stereocenters. The van der Waals surface area contributed by atoms with Gasteiger partial charge >= 0.3 is 0 Å². The van der Waals surface area contributed by atoms with Gasteiger partial charge in [0.05, 0.1) is 22.3 Å². The molecule has 4 rings (SSSR count). The molecule has 4 heterocycles. The highest BCUT2D eigenvalue weighted by molar-refractivity contribution is 7.11. The van der Waals surface area contributed by atoms with E-state index in [1.807, 2.05) is 33.8 Å². The summed E-state index contributed by atoms with van der Waals surface area (Å²) in [4.78, 5) is 28.2. The number of fused-ring (bicyclic) bond motifs is 3. The second-order valence-corrected chi connectivity index (χ2v) is 8.59. The van der Waals surface area contributed by atoms with Crippen LogP contribution in [0.25, 0.3) is 11.2 Å². The number of amides is 1. The van der Waals surface area contributed by atoms with Crippen molar-refractivity contribution in [1.29, 1.82) is 0 Å². The Balaban J connectivity index is 1.70. The van der Waals surface area contributed by atoms with E-state index in [1.54, 1.807) is 11.3 Å². The summed E-state index contributed by atoms with van der Waals surface area (Å²) >= 11 is 1.63. The van der Waals surface area contributed by atoms with E-state index < -0.39 is 0 Å². The number of rotatable bonds is 3. The van der Waals surface area contributed by atoms with Crippen molar-refractivity contribution in [3.8, 4) is 0 Å². The van der Waals surface area contributed by atoms with Gasteiger partial charge in [0.15, 0.2) is 5.65 Å². The smallest absolute Gasteiger partial charge is 0.254 e. The summed E-state index contributed by atoms with van der Waals surface area (Å²) in [6, 6.07) is 1.76. The van der Waals surface area contributed by atoms with Crippen LogP contribution in [0.1, 0.15) is 69.7 Å². The normalized spacial score (nSPS) is 15.4. The highest BCUT2D eigenvalue weighted by Gasteiger charge is 2.23. The quantitative estimate of drug-likeness (QED) is 0.741. The molecular formula is C20H25N5OS. The molecule has 0 aromatic carbocycles. The first-order valence-electron chi connectivity index (χ1n) is 9.55. The number of nitrogens with one attached hydrogen (secondary N) is 1. The molecule has 1 aliphatic heterocycles. The van der Waals surface area contributed by atoms with Crippen LogP contribution < -0.4 is 5.32 Å². The molecule has 3 aromatic rings. The Morgan fingerprint density at radius 2 is 2.00 bits per heavy atom. The Bertz CT molecular complexity index is 1020. The fraction of sp³-hybridized carbons (Fsp3) is 0.500. The molecule has 0 saturated carbocycles. The number of hydrogen-bond donors (Lipinski definition) is 1. The van der Waals surface area contributed by atoms with Crippen molar-refractivity contribution < 1.29 is 4.79 Å². The van der Waals surface area contributed by atoms with Crippen LogP contribution in [0.4, 0.5) is 0 Å². The van der Waals surface area contributed by atoms with Crippen molar-refractivity contribution in [2.75, 3.05) is 0 Å². The minimum Gasteiger partial charge on any atom is -0.345 e.